The molecule has 0 fully saturated rings. The minimum atomic E-state index is -0.596. The fraction of sp³-hybridized carbons (Fsp3) is 0.222. The first-order valence-corrected chi connectivity index (χ1v) is 4.60. The summed E-state index contributed by atoms with van der Waals surface area (Å²) >= 11 is 0. The van der Waals surface area contributed by atoms with Crippen LogP contribution in [0.15, 0.2) is 28.6 Å². The van der Waals surface area contributed by atoms with Gasteiger partial charge in [0.15, 0.2) is 11.2 Å². The smallest absolute Gasteiger partial charge is 0.332 e. The van der Waals surface area contributed by atoms with Gasteiger partial charge in [0.1, 0.15) is 0 Å². The highest BCUT2D eigenvalue weighted by Crippen LogP contribution is 2.04. The predicted octanol–water partition coefficient (Wildman–Crippen LogP) is -1.20. The molecule has 0 radical (unpaired) electrons. The lowest BCUT2D eigenvalue weighted by Gasteiger charge is -2.04. The molecule has 0 aliphatic rings. The van der Waals surface area contributed by atoms with Gasteiger partial charge in [0, 0.05) is 13.6 Å². The summed E-state index contributed by atoms with van der Waals surface area (Å²) < 4.78 is 3.40. The van der Waals surface area contributed by atoms with Crippen molar-refractivity contribution in [3.05, 3.63) is 39.8 Å². The van der Waals surface area contributed by atoms with Gasteiger partial charge in [0.05, 0.1) is 6.33 Å². The maximum atomic E-state index is 11.8. The van der Waals surface area contributed by atoms with Crippen LogP contribution in [0.4, 0.5) is 0 Å². The highest BCUT2D eigenvalue weighted by atomic mass is 16.2. The van der Waals surface area contributed by atoms with E-state index in [2.05, 4.69) is 11.6 Å². The zero-order valence-electron chi connectivity index (χ0n) is 8.75. The fourth-order valence-electron chi connectivity index (χ4n) is 1.57. The van der Waals surface area contributed by atoms with Gasteiger partial charge in [-0.25, -0.2) is 9.78 Å². The van der Waals surface area contributed by atoms with Gasteiger partial charge in [0.25, 0.3) is 0 Å². The normalized spacial score (nSPS) is 10.8. The summed E-state index contributed by atoms with van der Waals surface area (Å²) in [5, 5.41) is 0. The highest BCUT2D eigenvalue weighted by molar-refractivity contribution is 5.70. The third-order valence-electron chi connectivity index (χ3n) is 2.38. The Morgan fingerprint density at radius 3 is 2.88 bits per heavy atom. The molecule has 0 atom stereocenters. The molecule has 0 unspecified atom stereocenters. The van der Waals surface area contributed by atoms with E-state index in [1.165, 1.54) is 17.9 Å². The molecule has 0 amide bonds. The lowest BCUT2D eigenvalue weighted by Crippen LogP contribution is -2.44. The average molecular weight is 221 g/mol. The topological polar surface area (TPSA) is 87.8 Å². The van der Waals surface area contributed by atoms with Gasteiger partial charge < -0.3 is 10.4 Å². The summed E-state index contributed by atoms with van der Waals surface area (Å²) in [5.74, 6) is 5.38. The van der Waals surface area contributed by atoms with Gasteiger partial charge in [0.2, 0.25) is 0 Å². The molecule has 2 aromatic rings. The van der Waals surface area contributed by atoms with E-state index >= 15 is 0 Å². The summed E-state index contributed by atoms with van der Waals surface area (Å²) in [6, 6.07) is 0. The number of aryl methyl sites for hydroxylation is 1. The molecule has 0 aliphatic heterocycles. The first-order valence-electron chi connectivity index (χ1n) is 4.60. The number of nitrogens with two attached hydrogens (primary N) is 1. The zero-order chi connectivity index (χ0) is 11.9. The Morgan fingerprint density at radius 2 is 2.25 bits per heavy atom. The van der Waals surface area contributed by atoms with E-state index in [0.29, 0.717) is 22.4 Å². The molecule has 0 bridgehead atoms. The van der Waals surface area contributed by atoms with Crippen molar-refractivity contribution < 1.29 is 0 Å². The van der Waals surface area contributed by atoms with Crippen LogP contribution in [0.2, 0.25) is 0 Å². The third-order valence-corrected chi connectivity index (χ3v) is 2.38. The van der Waals surface area contributed by atoms with E-state index < -0.39 is 11.2 Å². The number of fused-ring (bicyclic) bond motifs is 1. The quantitative estimate of drug-likeness (QED) is 0.509. The van der Waals surface area contributed by atoms with Gasteiger partial charge >= 0.3 is 11.2 Å². The van der Waals surface area contributed by atoms with Gasteiger partial charge in [-0.15, -0.1) is 6.58 Å². The molecule has 2 heterocycles. The molecule has 2 N–H and O–H groups in total. The number of rotatable bonds is 2. The van der Waals surface area contributed by atoms with Gasteiger partial charge in [-0.2, -0.15) is 4.68 Å². The second-order valence-electron chi connectivity index (χ2n) is 3.37. The molecular weight excluding hydrogens is 210 g/mol. The lowest BCUT2D eigenvalue weighted by atomic mass is 10.5. The number of hydrogen-bond acceptors (Lipinski definition) is 4. The summed E-state index contributed by atoms with van der Waals surface area (Å²) in [6.45, 7) is 4.01. The SMILES string of the molecule is C=CCn1cnc2c1c(=O)n(N)c(=O)n2C. The van der Waals surface area contributed by atoms with Crippen LogP contribution in [0.3, 0.4) is 0 Å². The molecule has 2 rings (SSSR count). The van der Waals surface area contributed by atoms with E-state index in [1.54, 1.807) is 10.6 Å². The molecule has 7 heteroatoms. The second kappa shape index (κ2) is 3.37. The van der Waals surface area contributed by atoms with Crippen LogP contribution in [0, 0.1) is 0 Å². The Hall–Kier alpha value is -2.31. The molecule has 7 nitrogen and oxygen atoms in total. The van der Waals surface area contributed by atoms with Crippen LogP contribution in [-0.2, 0) is 13.6 Å². The van der Waals surface area contributed by atoms with E-state index in [0.717, 1.165) is 0 Å². The predicted molar refractivity (Wildman–Crippen MR) is 59.6 cm³/mol. The van der Waals surface area contributed by atoms with E-state index in [4.69, 9.17) is 5.84 Å². The highest BCUT2D eigenvalue weighted by Gasteiger charge is 2.13. The minimum absolute atomic E-state index is 0.296. The molecule has 0 aliphatic carbocycles. The van der Waals surface area contributed by atoms with Crippen molar-refractivity contribution in [1.29, 1.82) is 0 Å². The summed E-state index contributed by atoms with van der Waals surface area (Å²) in [7, 11) is 1.51. The zero-order valence-corrected chi connectivity index (χ0v) is 8.75. The van der Waals surface area contributed by atoms with Crippen LogP contribution in [-0.4, -0.2) is 18.8 Å². The number of nitrogens with zero attached hydrogens (tertiary/aromatic N) is 4. The van der Waals surface area contributed by atoms with Crippen molar-refractivity contribution in [3.63, 3.8) is 0 Å². The number of imidazole rings is 1. The molecule has 84 valence electrons. The van der Waals surface area contributed by atoms with Crippen LogP contribution in [0.1, 0.15) is 0 Å². The van der Waals surface area contributed by atoms with Crippen molar-refractivity contribution >= 4 is 11.2 Å². The first kappa shape index (κ1) is 10.2. The maximum absolute atomic E-state index is 11.8. The Balaban J connectivity index is 3.00. The number of nitrogen functional groups attached to an aromatic ring is 1. The molecule has 0 aromatic carbocycles. The van der Waals surface area contributed by atoms with Gasteiger partial charge in [-0.3, -0.25) is 9.36 Å². The minimum Gasteiger partial charge on any atom is -0.332 e. The monoisotopic (exact) mass is 221 g/mol. The van der Waals surface area contributed by atoms with Crippen molar-refractivity contribution in [2.24, 2.45) is 7.05 Å². The van der Waals surface area contributed by atoms with Crippen molar-refractivity contribution in [2.45, 2.75) is 6.54 Å². The van der Waals surface area contributed by atoms with E-state index in [1.807, 2.05) is 0 Å². The fourth-order valence-corrected chi connectivity index (χ4v) is 1.57. The molecule has 16 heavy (non-hydrogen) atoms. The standard InChI is InChI=1S/C9H11N5O2/c1-3-4-13-5-11-7-6(13)8(15)14(10)9(16)12(7)2/h3,5H,1,4,10H2,2H3. The van der Waals surface area contributed by atoms with Crippen LogP contribution in [0.25, 0.3) is 11.2 Å². The number of aromatic nitrogens is 4. The van der Waals surface area contributed by atoms with Crippen LogP contribution >= 0.6 is 0 Å². The van der Waals surface area contributed by atoms with Gasteiger partial charge in [-0.1, -0.05) is 6.08 Å². The molecule has 2 aromatic heterocycles. The van der Waals surface area contributed by atoms with Crippen LogP contribution in [0.5, 0.6) is 0 Å². The largest absolute Gasteiger partial charge is 0.351 e. The van der Waals surface area contributed by atoms with E-state index in [-0.39, 0.29) is 0 Å². The molecule has 0 saturated carbocycles. The molecular formula is C9H11N5O2. The molecule has 0 spiro atoms. The lowest BCUT2D eigenvalue weighted by molar-refractivity contribution is 0.736. The Labute approximate surface area is 90.0 Å². The molecule has 0 saturated heterocycles. The number of hydrogen-bond donors (Lipinski definition) is 1. The third kappa shape index (κ3) is 1.18. The summed E-state index contributed by atoms with van der Waals surface area (Å²) in [6.07, 6.45) is 3.11. The Kier molecular flexibility index (Phi) is 2.15. The summed E-state index contributed by atoms with van der Waals surface area (Å²) in [4.78, 5) is 27.3. The Bertz CT molecular complexity index is 675. The van der Waals surface area contributed by atoms with E-state index in [9.17, 15) is 9.59 Å². The summed E-state index contributed by atoms with van der Waals surface area (Å²) in [5.41, 5.74) is -0.540. The van der Waals surface area contributed by atoms with Crippen molar-refractivity contribution in [2.75, 3.05) is 5.84 Å². The van der Waals surface area contributed by atoms with Crippen LogP contribution < -0.4 is 17.1 Å². The first-order chi connectivity index (χ1) is 7.57. The average Bonchev–Trinajstić information content (AvgIpc) is 2.68. The Morgan fingerprint density at radius 1 is 1.56 bits per heavy atom. The van der Waals surface area contributed by atoms with Gasteiger partial charge in [-0.05, 0) is 0 Å². The maximum Gasteiger partial charge on any atom is 0.351 e. The number of allylic oxidation sites excluding steroid dienone is 1. The second-order valence-corrected chi connectivity index (χ2v) is 3.37. The van der Waals surface area contributed by atoms with Crippen molar-refractivity contribution in [1.82, 2.24) is 18.8 Å². The van der Waals surface area contributed by atoms with Crippen molar-refractivity contribution in [3.8, 4) is 0 Å².